The molecule has 172 valence electrons. The lowest BCUT2D eigenvalue weighted by atomic mass is 9.87. The molecule has 0 saturated carbocycles. The highest BCUT2D eigenvalue weighted by molar-refractivity contribution is 7.16. The summed E-state index contributed by atoms with van der Waals surface area (Å²) >= 11 is 8.48. The molecule has 2 aromatic rings. The van der Waals surface area contributed by atoms with Crippen LogP contribution < -0.4 is 10.2 Å². The van der Waals surface area contributed by atoms with Crippen molar-refractivity contribution in [2.75, 3.05) is 25.0 Å². The Labute approximate surface area is 199 Å². The van der Waals surface area contributed by atoms with Crippen molar-refractivity contribution in [1.82, 2.24) is 0 Å². The Balaban J connectivity index is 1.74. The molecule has 4 rings (SSSR count). The van der Waals surface area contributed by atoms with Gasteiger partial charge in [0.05, 0.1) is 36.2 Å². The summed E-state index contributed by atoms with van der Waals surface area (Å²) < 4.78 is 5.28. The summed E-state index contributed by atoms with van der Waals surface area (Å²) in [7, 11) is 0. The van der Waals surface area contributed by atoms with Crippen molar-refractivity contribution in [2.24, 2.45) is 5.92 Å². The lowest BCUT2D eigenvalue weighted by Gasteiger charge is -2.35. The maximum absolute atomic E-state index is 12.3. The van der Waals surface area contributed by atoms with E-state index in [0.29, 0.717) is 6.61 Å². The number of amides is 1. The number of anilines is 1. The van der Waals surface area contributed by atoms with E-state index in [0.717, 1.165) is 54.4 Å². The Morgan fingerprint density at radius 1 is 1.22 bits per heavy atom. The molecule has 0 unspecified atom stereocenters. The molecule has 0 radical (unpaired) electrons. The number of esters is 1. The Morgan fingerprint density at radius 2 is 1.94 bits per heavy atom. The van der Waals surface area contributed by atoms with Crippen LogP contribution in [0.2, 0.25) is 5.02 Å². The van der Waals surface area contributed by atoms with Gasteiger partial charge in [0.1, 0.15) is 11.0 Å². The molecular weight excluding hydrogens is 444 g/mol. The van der Waals surface area contributed by atoms with Crippen LogP contribution in [0, 0.1) is 5.92 Å². The first-order valence-corrected chi connectivity index (χ1v) is 12.9. The van der Waals surface area contributed by atoms with E-state index in [2.05, 4.69) is 11.4 Å². The van der Waals surface area contributed by atoms with Crippen molar-refractivity contribution >= 4 is 39.8 Å². The van der Waals surface area contributed by atoms with Gasteiger partial charge in [0.2, 0.25) is 5.91 Å². The van der Waals surface area contributed by atoms with Gasteiger partial charge < -0.3 is 15.0 Å². The highest BCUT2D eigenvalue weighted by atomic mass is 35.5. The predicted octanol–water partition coefficient (Wildman–Crippen LogP) is 4.19. The summed E-state index contributed by atoms with van der Waals surface area (Å²) in [5.41, 5.74) is 3.73. The first-order chi connectivity index (χ1) is 15.5. The van der Waals surface area contributed by atoms with Crippen LogP contribution in [0.4, 0.5) is 5.00 Å². The number of hydrogen-bond acceptors (Lipinski definition) is 4. The molecule has 5 nitrogen and oxygen atoms in total. The molecule has 1 atom stereocenters. The van der Waals surface area contributed by atoms with Crippen LogP contribution in [0.15, 0.2) is 24.3 Å². The molecule has 1 aromatic carbocycles. The first kappa shape index (κ1) is 23.3. The number of quaternary nitrogens is 1. The lowest BCUT2D eigenvalue weighted by molar-refractivity contribution is -0.931. The zero-order chi connectivity index (χ0) is 22.7. The van der Waals surface area contributed by atoms with Crippen molar-refractivity contribution in [1.29, 1.82) is 0 Å². The molecule has 1 saturated heterocycles. The van der Waals surface area contributed by atoms with Crippen molar-refractivity contribution in [3.05, 3.63) is 50.9 Å². The number of hydrogen-bond donors (Lipinski definition) is 2. The van der Waals surface area contributed by atoms with Gasteiger partial charge in [-0.2, -0.15) is 0 Å². The van der Waals surface area contributed by atoms with Gasteiger partial charge in [-0.1, -0.05) is 29.8 Å². The van der Waals surface area contributed by atoms with Gasteiger partial charge in [0.15, 0.2) is 0 Å². The van der Waals surface area contributed by atoms with Crippen molar-refractivity contribution < 1.29 is 19.2 Å². The van der Waals surface area contributed by atoms with Gasteiger partial charge in [0.25, 0.3) is 0 Å². The number of benzene rings is 1. The normalized spacial score (nSPS) is 21.5. The number of likely N-dealkylation sites (tertiary alicyclic amines) is 1. The third kappa shape index (κ3) is 4.87. The fourth-order valence-corrected chi connectivity index (χ4v) is 6.83. The van der Waals surface area contributed by atoms with Crippen LogP contribution in [0.5, 0.6) is 0 Å². The van der Waals surface area contributed by atoms with E-state index >= 15 is 0 Å². The molecule has 1 fully saturated rings. The summed E-state index contributed by atoms with van der Waals surface area (Å²) in [6.45, 7) is 5.59. The summed E-state index contributed by atoms with van der Waals surface area (Å²) in [6, 6.07) is 8.10. The number of halogens is 1. The number of carbonyl (C=O) groups is 2. The van der Waals surface area contributed by atoms with E-state index in [1.165, 1.54) is 33.7 Å². The zero-order valence-corrected chi connectivity index (χ0v) is 20.4. The second-order valence-electron chi connectivity index (χ2n) is 8.77. The molecule has 1 aromatic heterocycles. The van der Waals surface area contributed by atoms with Crippen LogP contribution in [0.1, 0.15) is 67.1 Å². The van der Waals surface area contributed by atoms with Crippen LogP contribution in [-0.4, -0.2) is 31.6 Å². The minimum Gasteiger partial charge on any atom is -0.466 e. The lowest BCUT2D eigenvalue weighted by Crippen LogP contribution is -3.13. The maximum atomic E-state index is 12.3. The second-order valence-corrected chi connectivity index (χ2v) is 10.3. The molecule has 2 N–H and O–H groups in total. The van der Waals surface area contributed by atoms with Crippen LogP contribution in [0.3, 0.4) is 0 Å². The standard InChI is InChI=1S/C25H31ClN2O3S/c1-3-31-25(30)17-12-14-28(15-13-17)23(18-8-4-6-10-20(18)26)22-19-9-5-7-11-21(19)32-24(22)27-16(2)29/h4,6,8,10,17,23H,3,5,7,9,11-15H2,1-2H3,(H,27,29)/p+1/t23-/m1/s1. The fourth-order valence-electron chi connectivity index (χ4n) is 5.21. The van der Waals surface area contributed by atoms with Gasteiger partial charge >= 0.3 is 5.97 Å². The zero-order valence-electron chi connectivity index (χ0n) is 18.8. The molecule has 32 heavy (non-hydrogen) atoms. The maximum Gasteiger partial charge on any atom is 0.309 e. The van der Waals surface area contributed by atoms with Crippen molar-refractivity contribution in [3.8, 4) is 0 Å². The summed E-state index contributed by atoms with van der Waals surface area (Å²) in [5.74, 6) is -0.150. The number of thiophene rings is 1. The number of carbonyl (C=O) groups excluding carboxylic acids is 2. The van der Waals surface area contributed by atoms with E-state index in [9.17, 15) is 9.59 Å². The summed E-state index contributed by atoms with van der Waals surface area (Å²) in [5, 5.41) is 4.85. The van der Waals surface area contributed by atoms with Gasteiger partial charge in [-0.05, 0) is 44.2 Å². The monoisotopic (exact) mass is 475 g/mol. The molecular formula is C25H32ClN2O3S+. The van der Waals surface area contributed by atoms with E-state index in [1.807, 2.05) is 25.1 Å². The quantitative estimate of drug-likeness (QED) is 0.616. The van der Waals surface area contributed by atoms with Gasteiger partial charge in [-0.25, -0.2) is 0 Å². The van der Waals surface area contributed by atoms with Gasteiger partial charge in [0, 0.05) is 30.2 Å². The SMILES string of the molecule is CCOC(=O)C1CC[NH+]([C@H](c2ccccc2Cl)c2c(NC(C)=O)sc3c2CCCC3)CC1. The number of aryl methyl sites for hydroxylation is 1. The third-order valence-corrected chi connectivity index (χ3v) is 8.23. The van der Waals surface area contributed by atoms with Crippen LogP contribution in [0.25, 0.3) is 0 Å². The largest absolute Gasteiger partial charge is 0.466 e. The van der Waals surface area contributed by atoms with Crippen LogP contribution >= 0.6 is 22.9 Å². The van der Waals surface area contributed by atoms with Crippen LogP contribution in [-0.2, 0) is 27.2 Å². The molecule has 2 aliphatic rings. The highest BCUT2D eigenvalue weighted by Gasteiger charge is 2.39. The average Bonchev–Trinajstić information content (AvgIpc) is 3.13. The first-order valence-electron chi connectivity index (χ1n) is 11.7. The molecule has 7 heteroatoms. The highest BCUT2D eigenvalue weighted by Crippen LogP contribution is 2.43. The Hall–Kier alpha value is -1.89. The second kappa shape index (κ2) is 10.4. The smallest absolute Gasteiger partial charge is 0.309 e. The number of rotatable bonds is 6. The van der Waals surface area contributed by atoms with Gasteiger partial charge in [-0.15, -0.1) is 11.3 Å². The van der Waals surface area contributed by atoms with Gasteiger partial charge in [-0.3, -0.25) is 9.59 Å². The van der Waals surface area contributed by atoms with Crippen molar-refractivity contribution in [2.45, 2.75) is 58.4 Å². The fraction of sp³-hybridized carbons (Fsp3) is 0.520. The number of nitrogens with one attached hydrogen (secondary N) is 2. The van der Waals surface area contributed by atoms with Crippen molar-refractivity contribution in [3.63, 3.8) is 0 Å². The minimum atomic E-state index is -0.0762. The number of ether oxygens (including phenoxy) is 1. The Kier molecular flexibility index (Phi) is 7.54. The molecule has 2 heterocycles. The molecule has 1 aliphatic carbocycles. The topological polar surface area (TPSA) is 59.8 Å². The van der Waals surface area contributed by atoms with E-state index in [-0.39, 0.29) is 23.8 Å². The number of piperidine rings is 1. The van der Waals surface area contributed by atoms with E-state index in [1.54, 1.807) is 18.3 Å². The third-order valence-electron chi connectivity index (χ3n) is 6.66. The Morgan fingerprint density at radius 3 is 2.62 bits per heavy atom. The Bertz CT molecular complexity index is 982. The molecule has 0 spiro atoms. The minimum absolute atomic E-state index is 0.0307. The average molecular weight is 476 g/mol. The number of fused-ring (bicyclic) bond motifs is 1. The summed E-state index contributed by atoms with van der Waals surface area (Å²) in [6.07, 6.45) is 6.09. The predicted molar refractivity (Wildman–Crippen MR) is 129 cm³/mol. The summed E-state index contributed by atoms with van der Waals surface area (Å²) in [4.78, 5) is 27.2. The molecule has 1 aliphatic heterocycles. The van der Waals surface area contributed by atoms with E-state index in [4.69, 9.17) is 16.3 Å². The molecule has 0 bridgehead atoms. The van der Waals surface area contributed by atoms with E-state index < -0.39 is 0 Å². The molecule has 1 amide bonds.